The van der Waals surface area contributed by atoms with Crippen LogP contribution in [0.2, 0.25) is 5.02 Å². The van der Waals surface area contributed by atoms with Gasteiger partial charge in [0.2, 0.25) is 0 Å². The lowest BCUT2D eigenvalue weighted by atomic mass is 10.1. The molecule has 0 radical (unpaired) electrons. The first kappa shape index (κ1) is 13.5. The average molecular weight is 292 g/mol. The number of hydrogen-bond acceptors (Lipinski definition) is 3. The van der Waals surface area contributed by atoms with Crippen LogP contribution in [0, 0.1) is 0 Å². The summed E-state index contributed by atoms with van der Waals surface area (Å²) in [4.78, 5) is 0. The van der Waals surface area contributed by atoms with Gasteiger partial charge in [0.15, 0.2) is 0 Å². The monoisotopic (exact) mass is 291 g/mol. The third-order valence-corrected chi connectivity index (χ3v) is 3.85. The van der Waals surface area contributed by atoms with Crippen LogP contribution < -0.4 is 10.1 Å². The predicted molar refractivity (Wildman–Crippen MR) is 79.4 cm³/mol. The van der Waals surface area contributed by atoms with E-state index in [9.17, 15) is 0 Å². The van der Waals surface area contributed by atoms with E-state index in [1.807, 2.05) is 42.2 Å². The van der Waals surface area contributed by atoms with Crippen LogP contribution in [-0.4, -0.2) is 29.0 Å². The van der Waals surface area contributed by atoms with Gasteiger partial charge in [-0.15, -0.1) is 0 Å². The van der Waals surface area contributed by atoms with Gasteiger partial charge in [0.25, 0.3) is 0 Å². The van der Waals surface area contributed by atoms with Crippen LogP contribution in [0.15, 0.2) is 30.5 Å². The highest BCUT2D eigenvalue weighted by Gasteiger charge is 2.22. The topological polar surface area (TPSA) is 39.1 Å². The van der Waals surface area contributed by atoms with Gasteiger partial charge in [-0.1, -0.05) is 11.6 Å². The number of ether oxygens (including phenoxy) is 1. The molecular weight excluding hydrogens is 274 g/mol. The fourth-order valence-electron chi connectivity index (χ4n) is 2.53. The number of halogens is 1. The maximum absolute atomic E-state index is 5.99. The Morgan fingerprint density at radius 2 is 2.35 bits per heavy atom. The summed E-state index contributed by atoms with van der Waals surface area (Å²) in [7, 11) is 1.97. The zero-order chi connectivity index (χ0) is 13.9. The van der Waals surface area contributed by atoms with Crippen LogP contribution in [0.5, 0.6) is 5.75 Å². The van der Waals surface area contributed by atoms with E-state index in [0.717, 1.165) is 36.7 Å². The zero-order valence-electron chi connectivity index (χ0n) is 11.5. The predicted octanol–water partition coefficient (Wildman–Crippen LogP) is 2.21. The summed E-state index contributed by atoms with van der Waals surface area (Å²) in [6.45, 7) is 1.78. The van der Waals surface area contributed by atoms with Crippen LogP contribution in [0.3, 0.4) is 0 Å². The van der Waals surface area contributed by atoms with Gasteiger partial charge in [0.1, 0.15) is 11.9 Å². The second-order valence-corrected chi connectivity index (χ2v) is 5.53. The van der Waals surface area contributed by atoms with Gasteiger partial charge in [0.05, 0.1) is 0 Å². The standard InChI is InChI=1S/C15H18ClN3O/c1-19-13(5-7-18-19)4-6-17-10-14-9-11-8-12(16)2-3-15(11)20-14/h2-3,5,7-8,14,17H,4,6,9-10H2,1H3. The molecule has 1 aliphatic rings. The second kappa shape index (κ2) is 5.85. The average Bonchev–Trinajstić information content (AvgIpc) is 3.00. The van der Waals surface area contributed by atoms with E-state index < -0.39 is 0 Å². The Hall–Kier alpha value is -1.52. The molecular formula is C15H18ClN3O. The molecule has 1 aliphatic heterocycles. The maximum Gasteiger partial charge on any atom is 0.123 e. The molecule has 0 saturated carbocycles. The Kier molecular flexibility index (Phi) is 3.94. The largest absolute Gasteiger partial charge is 0.488 e. The molecule has 1 aromatic carbocycles. The molecule has 3 rings (SSSR count). The van der Waals surface area contributed by atoms with Crippen molar-refractivity contribution in [1.29, 1.82) is 0 Å². The third-order valence-electron chi connectivity index (χ3n) is 3.62. The Morgan fingerprint density at radius 3 is 3.15 bits per heavy atom. The number of rotatable bonds is 5. The molecule has 0 spiro atoms. The van der Waals surface area contributed by atoms with Crippen LogP contribution in [0.1, 0.15) is 11.3 Å². The normalized spacial score (nSPS) is 17.0. The van der Waals surface area contributed by atoms with Crippen molar-refractivity contribution in [3.8, 4) is 5.75 Å². The molecule has 1 aromatic heterocycles. The van der Waals surface area contributed by atoms with Crippen molar-refractivity contribution in [2.24, 2.45) is 7.05 Å². The Balaban J connectivity index is 1.44. The molecule has 20 heavy (non-hydrogen) atoms. The number of aryl methyl sites for hydroxylation is 1. The molecule has 0 fully saturated rings. The van der Waals surface area contributed by atoms with Gasteiger partial charge in [-0.25, -0.2) is 0 Å². The highest BCUT2D eigenvalue weighted by Crippen LogP contribution is 2.30. The summed E-state index contributed by atoms with van der Waals surface area (Å²) in [5.74, 6) is 0.966. The molecule has 1 N–H and O–H groups in total. The Labute approximate surface area is 123 Å². The summed E-state index contributed by atoms with van der Waals surface area (Å²) in [6.07, 6.45) is 3.93. The van der Waals surface area contributed by atoms with E-state index in [0.29, 0.717) is 0 Å². The number of nitrogens with one attached hydrogen (secondary N) is 1. The number of nitrogens with zero attached hydrogens (tertiary/aromatic N) is 2. The molecule has 106 valence electrons. The molecule has 0 bridgehead atoms. The fourth-order valence-corrected chi connectivity index (χ4v) is 2.72. The second-order valence-electron chi connectivity index (χ2n) is 5.10. The van der Waals surface area contributed by atoms with Gasteiger partial charge < -0.3 is 10.1 Å². The quantitative estimate of drug-likeness (QED) is 0.859. The van der Waals surface area contributed by atoms with Crippen molar-refractivity contribution in [3.63, 3.8) is 0 Å². The van der Waals surface area contributed by atoms with Crippen LogP contribution in [-0.2, 0) is 19.9 Å². The molecule has 4 nitrogen and oxygen atoms in total. The van der Waals surface area contributed by atoms with Crippen LogP contribution in [0.25, 0.3) is 0 Å². The minimum atomic E-state index is 0.204. The Bertz CT molecular complexity index is 597. The lowest BCUT2D eigenvalue weighted by Gasteiger charge is -2.11. The lowest BCUT2D eigenvalue weighted by Crippen LogP contribution is -2.31. The Morgan fingerprint density at radius 1 is 1.45 bits per heavy atom. The van der Waals surface area contributed by atoms with Crippen LogP contribution >= 0.6 is 11.6 Å². The molecule has 2 aromatic rings. The molecule has 0 aliphatic carbocycles. The first-order chi connectivity index (χ1) is 9.72. The molecule has 1 unspecified atom stereocenters. The van der Waals surface area contributed by atoms with E-state index >= 15 is 0 Å². The van der Waals surface area contributed by atoms with E-state index in [2.05, 4.69) is 10.4 Å². The summed E-state index contributed by atoms with van der Waals surface area (Å²) in [5.41, 5.74) is 2.44. The maximum atomic E-state index is 5.99. The van der Waals surface area contributed by atoms with E-state index in [4.69, 9.17) is 16.3 Å². The number of benzene rings is 1. The molecule has 1 atom stereocenters. The summed E-state index contributed by atoms with van der Waals surface area (Å²) in [5, 5.41) is 8.38. The minimum Gasteiger partial charge on any atom is -0.488 e. The summed E-state index contributed by atoms with van der Waals surface area (Å²) < 4.78 is 7.79. The highest BCUT2D eigenvalue weighted by atomic mass is 35.5. The summed E-state index contributed by atoms with van der Waals surface area (Å²) in [6, 6.07) is 7.87. The van der Waals surface area contributed by atoms with E-state index in [1.54, 1.807) is 0 Å². The van der Waals surface area contributed by atoms with Gasteiger partial charge in [-0.3, -0.25) is 4.68 Å². The molecule has 0 amide bonds. The van der Waals surface area contributed by atoms with Gasteiger partial charge in [-0.05, 0) is 29.8 Å². The van der Waals surface area contributed by atoms with Crippen molar-refractivity contribution < 1.29 is 4.74 Å². The lowest BCUT2D eigenvalue weighted by molar-refractivity contribution is 0.228. The van der Waals surface area contributed by atoms with Crippen molar-refractivity contribution in [1.82, 2.24) is 15.1 Å². The van der Waals surface area contributed by atoms with E-state index in [-0.39, 0.29) is 6.10 Å². The van der Waals surface area contributed by atoms with Gasteiger partial charge in [0, 0.05) is 49.9 Å². The SMILES string of the molecule is Cn1nccc1CCNCC1Cc2cc(Cl)ccc2O1. The van der Waals surface area contributed by atoms with Gasteiger partial charge >= 0.3 is 0 Å². The van der Waals surface area contributed by atoms with Gasteiger partial charge in [-0.2, -0.15) is 5.10 Å². The smallest absolute Gasteiger partial charge is 0.123 e. The number of hydrogen-bond donors (Lipinski definition) is 1. The van der Waals surface area contributed by atoms with Crippen molar-refractivity contribution >= 4 is 11.6 Å². The minimum absolute atomic E-state index is 0.204. The van der Waals surface area contributed by atoms with Crippen molar-refractivity contribution in [2.75, 3.05) is 13.1 Å². The van der Waals surface area contributed by atoms with Crippen LogP contribution in [0.4, 0.5) is 0 Å². The van der Waals surface area contributed by atoms with Crippen molar-refractivity contribution in [3.05, 3.63) is 46.7 Å². The number of fused-ring (bicyclic) bond motifs is 1. The first-order valence-electron chi connectivity index (χ1n) is 6.85. The van der Waals surface area contributed by atoms with Crippen molar-refractivity contribution in [2.45, 2.75) is 18.9 Å². The number of aromatic nitrogens is 2. The molecule has 0 saturated heterocycles. The third kappa shape index (κ3) is 2.97. The zero-order valence-corrected chi connectivity index (χ0v) is 12.2. The highest BCUT2D eigenvalue weighted by molar-refractivity contribution is 6.30. The molecule has 5 heteroatoms. The first-order valence-corrected chi connectivity index (χ1v) is 7.23. The molecule has 2 heterocycles. The summed E-state index contributed by atoms with van der Waals surface area (Å²) >= 11 is 5.99. The van der Waals surface area contributed by atoms with E-state index in [1.165, 1.54) is 11.3 Å². The fraction of sp³-hybridized carbons (Fsp3) is 0.400.